The molecule has 0 aliphatic carbocycles. The first-order valence-electron chi connectivity index (χ1n) is 6.85. The fraction of sp³-hybridized carbons (Fsp3) is 0.600. The zero-order valence-electron chi connectivity index (χ0n) is 11.7. The van der Waals surface area contributed by atoms with Crippen LogP contribution in [0.25, 0.3) is 0 Å². The average Bonchev–Trinajstić information content (AvgIpc) is 2.43. The molecule has 0 saturated carbocycles. The fourth-order valence-corrected chi connectivity index (χ4v) is 3.05. The second-order valence-electron chi connectivity index (χ2n) is 4.34. The van der Waals surface area contributed by atoms with Gasteiger partial charge in [0.05, 0.1) is 6.10 Å². The van der Waals surface area contributed by atoms with Crippen LogP contribution in [0.2, 0.25) is 0 Å². The molecule has 18 heavy (non-hydrogen) atoms. The zero-order valence-corrected chi connectivity index (χ0v) is 12.5. The summed E-state index contributed by atoms with van der Waals surface area (Å²) in [7, 11) is 0. The number of hydrogen-bond acceptors (Lipinski definition) is 3. The van der Waals surface area contributed by atoms with Gasteiger partial charge in [-0.05, 0) is 31.1 Å². The summed E-state index contributed by atoms with van der Waals surface area (Å²) in [5.74, 6) is 1.08. The van der Waals surface area contributed by atoms with Crippen LogP contribution in [0.5, 0.6) is 0 Å². The maximum atomic E-state index is 9.99. The third-order valence-corrected chi connectivity index (χ3v) is 4.29. The Labute approximate surface area is 115 Å². The number of nitrogens with zero attached hydrogens (tertiary/aromatic N) is 1. The summed E-state index contributed by atoms with van der Waals surface area (Å²) < 4.78 is 0. The molecule has 0 unspecified atom stereocenters. The monoisotopic (exact) mass is 267 g/mol. The Balaban J connectivity index is 2.56. The van der Waals surface area contributed by atoms with Crippen molar-refractivity contribution in [3.63, 3.8) is 0 Å². The highest BCUT2D eigenvalue weighted by molar-refractivity contribution is 7.99. The quantitative estimate of drug-likeness (QED) is 0.728. The number of benzene rings is 1. The lowest BCUT2D eigenvalue weighted by Gasteiger charge is -2.18. The lowest BCUT2D eigenvalue weighted by atomic mass is 10.1. The summed E-state index contributed by atoms with van der Waals surface area (Å²) in [5.41, 5.74) is 1.07. The van der Waals surface area contributed by atoms with Gasteiger partial charge in [0.25, 0.3) is 0 Å². The topological polar surface area (TPSA) is 23.5 Å². The predicted octanol–water partition coefficient (Wildman–Crippen LogP) is 3.56. The first kappa shape index (κ1) is 15.5. The standard InChI is InChI=1S/C15H25NOS/c1-4-14(17)13-9-7-8-10-15(13)18-12-11-16(5-2)6-3/h7-10,14,17H,4-6,11-12H2,1-3H3/t14-/m0/s1. The molecule has 1 aromatic rings. The third-order valence-electron chi connectivity index (χ3n) is 3.22. The van der Waals surface area contributed by atoms with E-state index in [-0.39, 0.29) is 6.10 Å². The highest BCUT2D eigenvalue weighted by Crippen LogP contribution is 2.28. The van der Waals surface area contributed by atoms with Crippen LogP contribution in [0.4, 0.5) is 0 Å². The van der Waals surface area contributed by atoms with E-state index in [0.717, 1.165) is 37.4 Å². The molecule has 0 spiro atoms. The van der Waals surface area contributed by atoms with E-state index in [4.69, 9.17) is 0 Å². The molecule has 1 aromatic carbocycles. The molecular formula is C15H25NOS. The Bertz CT molecular complexity index is 339. The summed E-state index contributed by atoms with van der Waals surface area (Å²) in [5, 5.41) is 9.99. The van der Waals surface area contributed by atoms with Gasteiger partial charge in [-0.25, -0.2) is 0 Å². The van der Waals surface area contributed by atoms with Gasteiger partial charge in [0.2, 0.25) is 0 Å². The van der Waals surface area contributed by atoms with Gasteiger partial charge in [-0.3, -0.25) is 0 Å². The van der Waals surface area contributed by atoms with Gasteiger partial charge in [0, 0.05) is 17.2 Å². The van der Waals surface area contributed by atoms with Crippen LogP contribution in [0.1, 0.15) is 38.9 Å². The molecule has 0 saturated heterocycles. The summed E-state index contributed by atoms with van der Waals surface area (Å²) in [6, 6.07) is 8.20. The van der Waals surface area contributed by atoms with Crippen LogP contribution >= 0.6 is 11.8 Å². The van der Waals surface area contributed by atoms with Crippen molar-refractivity contribution in [1.82, 2.24) is 4.90 Å². The Morgan fingerprint density at radius 3 is 2.44 bits per heavy atom. The first-order valence-corrected chi connectivity index (χ1v) is 7.83. The van der Waals surface area contributed by atoms with E-state index in [9.17, 15) is 5.11 Å². The van der Waals surface area contributed by atoms with Crippen LogP contribution in [0.3, 0.4) is 0 Å². The molecule has 1 N–H and O–H groups in total. The number of thioether (sulfide) groups is 1. The van der Waals surface area contributed by atoms with Crippen molar-refractivity contribution in [2.75, 3.05) is 25.4 Å². The number of aliphatic hydroxyl groups is 1. The van der Waals surface area contributed by atoms with E-state index >= 15 is 0 Å². The largest absolute Gasteiger partial charge is 0.388 e. The van der Waals surface area contributed by atoms with Gasteiger partial charge in [0.15, 0.2) is 0 Å². The van der Waals surface area contributed by atoms with Gasteiger partial charge in [0.1, 0.15) is 0 Å². The Hall–Kier alpha value is -0.510. The maximum absolute atomic E-state index is 9.99. The van der Waals surface area contributed by atoms with Crippen LogP contribution in [-0.2, 0) is 0 Å². The van der Waals surface area contributed by atoms with Crippen LogP contribution in [0, 0.1) is 0 Å². The third kappa shape index (κ3) is 4.63. The molecule has 2 nitrogen and oxygen atoms in total. The molecular weight excluding hydrogens is 242 g/mol. The molecule has 0 aliphatic rings. The minimum atomic E-state index is -0.331. The maximum Gasteiger partial charge on any atom is 0.0798 e. The van der Waals surface area contributed by atoms with Gasteiger partial charge < -0.3 is 10.0 Å². The Morgan fingerprint density at radius 2 is 1.83 bits per heavy atom. The second-order valence-corrected chi connectivity index (χ2v) is 5.47. The average molecular weight is 267 g/mol. The number of aliphatic hydroxyl groups excluding tert-OH is 1. The molecule has 0 aliphatic heterocycles. The van der Waals surface area contributed by atoms with Crippen molar-refractivity contribution in [3.05, 3.63) is 29.8 Å². The zero-order chi connectivity index (χ0) is 13.4. The van der Waals surface area contributed by atoms with E-state index < -0.39 is 0 Å². The molecule has 1 atom stereocenters. The van der Waals surface area contributed by atoms with Crippen molar-refractivity contribution >= 4 is 11.8 Å². The van der Waals surface area contributed by atoms with Gasteiger partial charge in [-0.15, -0.1) is 11.8 Å². The minimum Gasteiger partial charge on any atom is -0.388 e. The molecule has 1 rings (SSSR count). The van der Waals surface area contributed by atoms with Gasteiger partial charge in [-0.2, -0.15) is 0 Å². The Morgan fingerprint density at radius 1 is 1.17 bits per heavy atom. The van der Waals surface area contributed by atoms with E-state index in [1.165, 1.54) is 4.90 Å². The lowest BCUT2D eigenvalue weighted by molar-refractivity contribution is 0.171. The van der Waals surface area contributed by atoms with Gasteiger partial charge >= 0.3 is 0 Å². The van der Waals surface area contributed by atoms with Gasteiger partial charge in [-0.1, -0.05) is 39.0 Å². The molecule has 0 radical (unpaired) electrons. The summed E-state index contributed by atoms with van der Waals surface area (Å²) in [4.78, 5) is 3.64. The van der Waals surface area contributed by atoms with E-state index in [0.29, 0.717) is 0 Å². The normalized spacial score (nSPS) is 12.9. The van der Waals surface area contributed by atoms with Crippen molar-refractivity contribution in [2.45, 2.75) is 38.2 Å². The molecule has 0 fully saturated rings. The lowest BCUT2D eigenvalue weighted by Crippen LogP contribution is -2.25. The van der Waals surface area contributed by atoms with Crippen LogP contribution < -0.4 is 0 Å². The summed E-state index contributed by atoms with van der Waals surface area (Å²) in [6.45, 7) is 9.73. The molecule has 3 heteroatoms. The highest BCUT2D eigenvalue weighted by atomic mass is 32.2. The molecule has 0 aromatic heterocycles. The highest BCUT2D eigenvalue weighted by Gasteiger charge is 2.10. The predicted molar refractivity (Wildman–Crippen MR) is 80.2 cm³/mol. The van der Waals surface area contributed by atoms with Crippen molar-refractivity contribution < 1.29 is 5.11 Å². The summed E-state index contributed by atoms with van der Waals surface area (Å²) >= 11 is 1.85. The van der Waals surface area contributed by atoms with Crippen molar-refractivity contribution in [2.24, 2.45) is 0 Å². The van der Waals surface area contributed by atoms with E-state index in [1.807, 2.05) is 36.9 Å². The summed E-state index contributed by atoms with van der Waals surface area (Å²) in [6.07, 6.45) is 0.440. The minimum absolute atomic E-state index is 0.331. The molecule has 0 heterocycles. The number of hydrogen-bond donors (Lipinski definition) is 1. The van der Waals surface area contributed by atoms with Crippen molar-refractivity contribution in [3.8, 4) is 0 Å². The van der Waals surface area contributed by atoms with E-state index in [2.05, 4.69) is 24.8 Å². The van der Waals surface area contributed by atoms with E-state index in [1.54, 1.807) is 0 Å². The number of rotatable bonds is 8. The van der Waals surface area contributed by atoms with Crippen LogP contribution in [-0.4, -0.2) is 35.4 Å². The smallest absolute Gasteiger partial charge is 0.0798 e. The fourth-order valence-electron chi connectivity index (χ4n) is 1.93. The Kier molecular flexibility index (Phi) is 7.40. The van der Waals surface area contributed by atoms with Crippen LogP contribution in [0.15, 0.2) is 29.2 Å². The second kappa shape index (κ2) is 8.57. The van der Waals surface area contributed by atoms with Crippen molar-refractivity contribution in [1.29, 1.82) is 0 Å². The molecule has 0 amide bonds. The molecule has 0 bridgehead atoms. The first-order chi connectivity index (χ1) is 8.72. The SMILES string of the molecule is CC[C@H](O)c1ccccc1SCCN(CC)CC. The molecule has 102 valence electrons.